The van der Waals surface area contributed by atoms with Crippen molar-refractivity contribution in [2.45, 2.75) is 12.5 Å². The molecule has 2 heterocycles. The number of carbonyl (C=O) groups is 2. The first-order valence-corrected chi connectivity index (χ1v) is 7.09. The molecule has 1 atom stereocenters. The van der Waals surface area contributed by atoms with Gasteiger partial charge in [0.2, 0.25) is 0 Å². The molecular weight excluding hydrogens is 266 g/mol. The van der Waals surface area contributed by atoms with E-state index in [-0.39, 0.29) is 6.03 Å². The van der Waals surface area contributed by atoms with E-state index in [2.05, 4.69) is 10.6 Å². The molecule has 0 aliphatic carbocycles. The molecule has 1 aliphatic rings. The molecule has 1 aromatic rings. The quantitative estimate of drug-likeness (QED) is 0.769. The first kappa shape index (κ1) is 13.8. The predicted molar refractivity (Wildman–Crippen MR) is 72.3 cm³/mol. The van der Waals surface area contributed by atoms with Crippen LogP contribution in [0.25, 0.3) is 0 Å². The zero-order chi connectivity index (χ0) is 13.7. The molecule has 104 valence electrons. The van der Waals surface area contributed by atoms with Crippen LogP contribution in [0.15, 0.2) is 17.5 Å². The number of nitrogens with zero attached hydrogens (tertiary/aromatic N) is 1. The molecule has 0 bridgehead atoms. The van der Waals surface area contributed by atoms with Gasteiger partial charge in [0, 0.05) is 24.5 Å². The monoisotopic (exact) mass is 283 g/mol. The van der Waals surface area contributed by atoms with Gasteiger partial charge in [-0.25, -0.2) is 9.59 Å². The molecule has 1 aromatic heterocycles. The van der Waals surface area contributed by atoms with Gasteiger partial charge in [0.25, 0.3) is 0 Å². The Labute approximate surface area is 115 Å². The number of carboxylic acids is 1. The molecule has 3 N–H and O–H groups in total. The third-order valence-electron chi connectivity index (χ3n) is 2.97. The summed E-state index contributed by atoms with van der Waals surface area (Å²) in [6.45, 7) is 2.87. The van der Waals surface area contributed by atoms with E-state index in [0.29, 0.717) is 18.0 Å². The number of hydrogen-bond donors (Lipinski definition) is 3. The Balaban J connectivity index is 2.00. The number of rotatable bonds is 3. The van der Waals surface area contributed by atoms with Crippen LogP contribution in [0.5, 0.6) is 0 Å². The summed E-state index contributed by atoms with van der Waals surface area (Å²) in [6, 6.07) is 2.21. The number of carboxylic acid groups (broad SMARTS) is 1. The van der Waals surface area contributed by atoms with E-state index in [1.165, 1.54) is 11.3 Å². The van der Waals surface area contributed by atoms with Crippen LogP contribution in [-0.2, 0) is 4.79 Å². The fraction of sp³-hybridized carbons (Fsp3) is 0.500. The van der Waals surface area contributed by atoms with Crippen LogP contribution >= 0.6 is 11.3 Å². The number of amides is 2. The van der Waals surface area contributed by atoms with Crippen molar-refractivity contribution in [3.05, 3.63) is 22.4 Å². The molecular formula is C12H17N3O3S. The van der Waals surface area contributed by atoms with Gasteiger partial charge in [0.05, 0.1) is 0 Å². The van der Waals surface area contributed by atoms with Crippen molar-refractivity contribution < 1.29 is 14.7 Å². The number of nitrogens with one attached hydrogen (secondary N) is 2. The topological polar surface area (TPSA) is 81.7 Å². The first-order chi connectivity index (χ1) is 9.18. The zero-order valence-electron chi connectivity index (χ0n) is 10.5. The maximum atomic E-state index is 12.1. The van der Waals surface area contributed by atoms with E-state index in [1.54, 1.807) is 22.4 Å². The molecule has 2 amide bonds. The highest BCUT2D eigenvalue weighted by Crippen LogP contribution is 2.19. The number of hydrogen-bond acceptors (Lipinski definition) is 4. The second-order valence-corrected chi connectivity index (χ2v) is 5.31. The summed E-state index contributed by atoms with van der Waals surface area (Å²) < 4.78 is 0. The van der Waals surface area contributed by atoms with E-state index < -0.39 is 12.0 Å². The SMILES string of the molecule is O=C(O)C(NC(=O)N1CCCNCC1)c1cccs1. The molecule has 0 spiro atoms. The molecule has 0 aromatic carbocycles. The van der Waals surface area contributed by atoms with Crippen LogP contribution in [0.3, 0.4) is 0 Å². The first-order valence-electron chi connectivity index (χ1n) is 6.21. The van der Waals surface area contributed by atoms with Crippen molar-refractivity contribution in [1.29, 1.82) is 0 Å². The summed E-state index contributed by atoms with van der Waals surface area (Å²) in [5.41, 5.74) is 0. The average Bonchev–Trinajstić information content (AvgIpc) is 2.76. The van der Waals surface area contributed by atoms with Crippen LogP contribution in [-0.4, -0.2) is 48.2 Å². The van der Waals surface area contributed by atoms with Gasteiger partial charge in [-0.15, -0.1) is 11.3 Å². The third kappa shape index (κ3) is 3.68. The van der Waals surface area contributed by atoms with Crippen molar-refractivity contribution in [2.75, 3.05) is 26.2 Å². The molecule has 19 heavy (non-hydrogen) atoms. The Morgan fingerprint density at radius 2 is 2.26 bits per heavy atom. The zero-order valence-corrected chi connectivity index (χ0v) is 11.3. The third-order valence-corrected chi connectivity index (χ3v) is 3.91. The van der Waals surface area contributed by atoms with Gasteiger partial charge in [0.15, 0.2) is 6.04 Å². The standard InChI is InChI=1S/C12H17N3O3S/c16-11(17)10(9-3-1-8-19-9)14-12(18)15-6-2-4-13-5-7-15/h1,3,8,10,13H,2,4-7H2,(H,14,18)(H,16,17). The van der Waals surface area contributed by atoms with Gasteiger partial charge in [-0.1, -0.05) is 6.07 Å². The summed E-state index contributed by atoms with van der Waals surface area (Å²) in [6.07, 6.45) is 0.879. The molecule has 1 aliphatic heterocycles. The highest BCUT2D eigenvalue weighted by Gasteiger charge is 2.25. The Hall–Kier alpha value is -1.60. The van der Waals surface area contributed by atoms with Crippen molar-refractivity contribution in [3.63, 3.8) is 0 Å². The van der Waals surface area contributed by atoms with E-state index in [9.17, 15) is 14.7 Å². The number of urea groups is 1. The lowest BCUT2D eigenvalue weighted by molar-refractivity contribution is -0.139. The number of thiophene rings is 1. The lowest BCUT2D eigenvalue weighted by atomic mass is 10.2. The summed E-state index contributed by atoms with van der Waals surface area (Å²) in [7, 11) is 0. The van der Waals surface area contributed by atoms with E-state index in [0.717, 1.165) is 19.5 Å². The van der Waals surface area contributed by atoms with Crippen LogP contribution in [0, 0.1) is 0 Å². The van der Waals surface area contributed by atoms with Crippen LogP contribution in [0.4, 0.5) is 4.79 Å². The van der Waals surface area contributed by atoms with Gasteiger partial charge in [0.1, 0.15) is 0 Å². The number of aliphatic carboxylic acids is 1. The van der Waals surface area contributed by atoms with Gasteiger partial charge in [-0.3, -0.25) is 0 Å². The predicted octanol–water partition coefficient (Wildman–Crippen LogP) is 0.879. The smallest absolute Gasteiger partial charge is 0.331 e. The van der Waals surface area contributed by atoms with E-state index >= 15 is 0 Å². The van der Waals surface area contributed by atoms with Gasteiger partial charge < -0.3 is 20.6 Å². The highest BCUT2D eigenvalue weighted by molar-refractivity contribution is 7.10. The number of carbonyl (C=O) groups excluding carboxylic acids is 1. The fourth-order valence-corrected chi connectivity index (χ4v) is 2.74. The minimum atomic E-state index is -1.04. The second kappa shape index (κ2) is 6.53. The van der Waals surface area contributed by atoms with Crippen molar-refractivity contribution in [1.82, 2.24) is 15.5 Å². The Kier molecular flexibility index (Phi) is 4.75. The highest BCUT2D eigenvalue weighted by atomic mass is 32.1. The summed E-state index contributed by atoms with van der Waals surface area (Å²) in [4.78, 5) is 25.6. The molecule has 7 heteroatoms. The fourth-order valence-electron chi connectivity index (χ4n) is 1.97. The maximum absolute atomic E-state index is 12.1. The molecule has 1 saturated heterocycles. The molecule has 0 saturated carbocycles. The van der Waals surface area contributed by atoms with Crippen molar-refractivity contribution in [3.8, 4) is 0 Å². The van der Waals surface area contributed by atoms with Gasteiger partial charge in [-0.05, 0) is 24.4 Å². The van der Waals surface area contributed by atoms with Crippen LogP contribution in [0.1, 0.15) is 17.3 Å². The summed E-state index contributed by atoms with van der Waals surface area (Å²) in [5.74, 6) is -1.04. The lowest BCUT2D eigenvalue weighted by Crippen LogP contribution is -2.44. The van der Waals surface area contributed by atoms with Gasteiger partial charge >= 0.3 is 12.0 Å². The van der Waals surface area contributed by atoms with Crippen molar-refractivity contribution in [2.24, 2.45) is 0 Å². The van der Waals surface area contributed by atoms with E-state index in [1.807, 2.05) is 0 Å². The Morgan fingerprint density at radius 1 is 1.42 bits per heavy atom. The molecule has 1 fully saturated rings. The lowest BCUT2D eigenvalue weighted by Gasteiger charge is -2.23. The second-order valence-electron chi connectivity index (χ2n) is 4.33. The Morgan fingerprint density at radius 3 is 2.95 bits per heavy atom. The molecule has 0 radical (unpaired) electrons. The van der Waals surface area contributed by atoms with Crippen LogP contribution in [0.2, 0.25) is 0 Å². The summed E-state index contributed by atoms with van der Waals surface area (Å²) >= 11 is 1.33. The maximum Gasteiger partial charge on any atom is 0.331 e. The minimum absolute atomic E-state index is 0.315. The molecule has 1 unspecified atom stereocenters. The van der Waals surface area contributed by atoms with Crippen molar-refractivity contribution >= 4 is 23.3 Å². The average molecular weight is 283 g/mol. The van der Waals surface area contributed by atoms with Crippen LogP contribution < -0.4 is 10.6 Å². The molecule has 6 nitrogen and oxygen atoms in total. The van der Waals surface area contributed by atoms with Gasteiger partial charge in [-0.2, -0.15) is 0 Å². The molecule has 2 rings (SSSR count). The van der Waals surface area contributed by atoms with E-state index in [4.69, 9.17) is 0 Å². The summed E-state index contributed by atoms with van der Waals surface area (Å²) in [5, 5.41) is 16.8. The minimum Gasteiger partial charge on any atom is -0.479 e. The Bertz CT molecular complexity index is 427. The normalized spacial score (nSPS) is 17.6. The largest absolute Gasteiger partial charge is 0.479 e.